The Balaban J connectivity index is 1.60. The van der Waals surface area contributed by atoms with Gasteiger partial charge in [0.1, 0.15) is 17.2 Å². The second kappa shape index (κ2) is 8.36. The average Bonchev–Trinajstić information content (AvgIpc) is 3.28. The molecule has 4 rings (SSSR count). The summed E-state index contributed by atoms with van der Waals surface area (Å²) in [6.07, 6.45) is 0. The fraction of sp³-hybridized carbons (Fsp3) is 0.217. The van der Waals surface area contributed by atoms with Gasteiger partial charge in [-0.05, 0) is 49.7 Å². The lowest BCUT2D eigenvalue weighted by molar-refractivity contribution is -0.131. The lowest BCUT2D eigenvalue weighted by Crippen LogP contribution is -2.41. The van der Waals surface area contributed by atoms with E-state index in [0.29, 0.717) is 16.5 Å². The van der Waals surface area contributed by atoms with Crippen LogP contribution >= 0.6 is 11.3 Å². The molecule has 7 nitrogen and oxygen atoms in total. The molecule has 0 spiro atoms. The molecule has 170 valence electrons. The number of amides is 4. The van der Waals surface area contributed by atoms with Gasteiger partial charge in [0.25, 0.3) is 5.91 Å². The summed E-state index contributed by atoms with van der Waals surface area (Å²) < 4.78 is 28.0. The summed E-state index contributed by atoms with van der Waals surface area (Å²) in [5.41, 5.74) is -0.0214. The molecule has 1 aromatic heterocycles. The minimum atomic E-state index is -1.75. The highest BCUT2D eigenvalue weighted by Gasteiger charge is 2.50. The number of anilines is 2. The Morgan fingerprint density at radius 1 is 1.21 bits per heavy atom. The molecule has 0 bridgehead atoms. The van der Waals surface area contributed by atoms with Crippen LogP contribution in [0.1, 0.15) is 30.7 Å². The fourth-order valence-electron chi connectivity index (χ4n) is 3.73. The lowest BCUT2D eigenvalue weighted by Gasteiger charge is -2.22. The molecule has 1 aliphatic heterocycles. The molecular formula is C23H20F2N4O3S. The van der Waals surface area contributed by atoms with Crippen molar-refractivity contribution in [2.24, 2.45) is 0 Å². The van der Waals surface area contributed by atoms with E-state index < -0.39 is 29.1 Å². The third kappa shape index (κ3) is 4.09. The fourth-order valence-corrected chi connectivity index (χ4v) is 4.61. The van der Waals surface area contributed by atoms with Crippen LogP contribution in [0.2, 0.25) is 0 Å². The van der Waals surface area contributed by atoms with Gasteiger partial charge < -0.3 is 5.32 Å². The Hall–Kier alpha value is -3.66. The van der Waals surface area contributed by atoms with Gasteiger partial charge in [0.15, 0.2) is 5.13 Å². The number of carbonyl (C=O) groups excluding carboxylic acids is 3. The molecule has 3 aromatic rings. The summed E-state index contributed by atoms with van der Waals surface area (Å²) in [5.74, 6) is -2.50. The topological polar surface area (TPSA) is 82.6 Å². The number of aromatic nitrogens is 1. The Morgan fingerprint density at radius 3 is 2.67 bits per heavy atom. The van der Waals surface area contributed by atoms with Crippen molar-refractivity contribution in [2.45, 2.75) is 32.9 Å². The van der Waals surface area contributed by atoms with Crippen LogP contribution in [0.5, 0.6) is 0 Å². The van der Waals surface area contributed by atoms with Gasteiger partial charge in [-0.1, -0.05) is 12.1 Å². The molecule has 1 atom stereocenters. The number of aryl methyl sites for hydroxylation is 1. The number of imide groups is 1. The Bertz CT molecular complexity index is 1280. The summed E-state index contributed by atoms with van der Waals surface area (Å²) in [7, 11) is 0. The lowest BCUT2D eigenvalue weighted by atomic mass is 9.91. The molecule has 10 heteroatoms. The number of hydrogen-bond donors (Lipinski definition) is 1. The summed E-state index contributed by atoms with van der Waals surface area (Å²) in [4.78, 5) is 44.7. The van der Waals surface area contributed by atoms with Crippen molar-refractivity contribution in [1.82, 2.24) is 15.2 Å². The highest BCUT2D eigenvalue weighted by atomic mass is 32.1. The quantitative estimate of drug-likeness (QED) is 0.561. The zero-order valence-corrected chi connectivity index (χ0v) is 18.9. The van der Waals surface area contributed by atoms with Gasteiger partial charge >= 0.3 is 6.03 Å². The monoisotopic (exact) mass is 470 g/mol. The zero-order chi connectivity index (χ0) is 23.9. The zero-order valence-electron chi connectivity index (χ0n) is 18.1. The molecule has 4 amide bonds. The first-order chi connectivity index (χ1) is 15.6. The number of halogens is 2. The number of benzene rings is 2. The summed E-state index contributed by atoms with van der Waals surface area (Å²) in [6.45, 7) is 4.46. The predicted molar refractivity (Wildman–Crippen MR) is 119 cm³/mol. The van der Waals surface area contributed by atoms with Crippen molar-refractivity contribution in [3.8, 4) is 0 Å². The minimum absolute atomic E-state index is 0.187. The second-order valence-corrected chi connectivity index (χ2v) is 8.72. The van der Waals surface area contributed by atoms with E-state index in [2.05, 4.69) is 10.3 Å². The van der Waals surface area contributed by atoms with E-state index in [1.165, 1.54) is 30.1 Å². The van der Waals surface area contributed by atoms with Crippen LogP contribution in [-0.2, 0) is 21.7 Å². The van der Waals surface area contributed by atoms with Crippen molar-refractivity contribution in [3.63, 3.8) is 0 Å². The molecule has 1 N–H and O–H groups in total. The van der Waals surface area contributed by atoms with Crippen molar-refractivity contribution < 1.29 is 23.2 Å². The third-order valence-electron chi connectivity index (χ3n) is 5.37. The number of nitrogens with one attached hydrogen (secondary N) is 1. The molecule has 2 aromatic carbocycles. The van der Waals surface area contributed by atoms with Gasteiger partial charge in [-0.2, -0.15) is 0 Å². The van der Waals surface area contributed by atoms with Crippen LogP contribution in [0.15, 0.2) is 47.8 Å². The molecule has 1 fully saturated rings. The number of hydrogen-bond acceptors (Lipinski definition) is 5. The summed E-state index contributed by atoms with van der Waals surface area (Å²) in [6, 6.07) is 9.36. The molecule has 1 saturated heterocycles. The SMILES string of the molecule is CC(=O)N(c1cccc(C)c1)c1nc(CN2C(=O)NC(C)(c3cc(F)ccc3F)C2=O)cs1. The number of rotatable bonds is 5. The Kier molecular flexibility index (Phi) is 5.71. The van der Waals surface area contributed by atoms with Crippen LogP contribution in [0.3, 0.4) is 0 Å². The highest BCUT2D eigenvalue weighted by molar-refractivity contribution is 7.14. The number of urea groups is 1. The van der Waals surface area contributed by atoms with E-state index in [0.717, 1.165) is 28.7 Å². The van der Waals surface area contributed by atoms with Crippen LogP contribution in [0.25, 0.3) is 0 Å². The third-order valence-corrected chi connectivity index (χ3v) is 6.24. The predicted octanol–water partition coefficient (Wildman–Crippen LogP) is 4.38. The van der Waals surface area contributed by atoms with E-state index >= 15 is 0 Å². The van der Waals surface area contributed by atoms with Crippen LogP contribution in [0, 0.1) is 18.6 Å². The molecule has 0 aliphatic carbocycles. The summed E-state index contributed by atoms with van der Waals surface area (Å²) >= 11 is 1.19. The van der Waals surface area contributed by atoms with Gasteiger partial charge in [-0.25, -0.2) is 18.6 Å². The van der Waals surface area contributed by atoms with Crippen molar-refractivity contribution in [2.75, 3.05) is 4.90 Å². The first-order valence-electron chi connectivity index (χ1n) is 10.0. The Morgan fingerprint density at radius 2 is 1.97 bits per heavy atom. The second-order valence-electron chi connectivity index (χ2n) is 7.89. The van der Waals surface area contributed by atoms with Gasteiger partial charge in [0.05, 0.1) is 17.9 Å². The largest absolute Gasteiger partial charge is 0.325 e. The van der Waals surface area contributed by atoms with E-state index in [1.807, 2.05) is 25.1 Å². The molecule has 1 unspecified atom stereocenters. The number of carbonyl (C=O) groups is 3. The van der Waals surface area contributed by atoms with Crippen molar-refractivity contribution in [3.05, 3.63) is 76.3 Å². The van der Waals surface area contributed by atoms with E-state index in [1.54, 1.807) is 11.4 Å². The maximum atomic E-state index is 14.3. The Labute approximate surface area is 192 Å². The number of thiazole rings is 1. The van der Waals surface area contributed by atoms with Gasteiger partial charge in [-0.15, -0.1) is 11.3 Å². The maximum Gasteiger partial charge on any atom is 0.325 e. The molecular weight excluding hydrogens is 450 g/mol. The summed E-state index contributed by atoms with van der Waals surface area (Å²) in [5, 5.41) is 4.48. The first-order valence-corrected chi connectivity index (χ1v) is 10.9. The van der Waals surface area contributed by atoms with Crippen molar-refractivity contribution >= 4 is 40.0 Å². The van der Waals surface area contributed by atoms with E-state index in [9.17, 15) is 23.2 Å². The first kappa shape index (κ1) is 22.5. The van der Waals surface area contributed by atoms with Crippen LogP contribution in [0.4, 0.5) is 24.4 Å². The minimum Gasteiger partial charge on any atom is -0.319 e. The average molecular weight is 471 g/mol. The van der Waals surface area contributed by atoms with Gasteiger partial charge in [0.2, 0.25) is 5.91 Å². The molecule has 0 saturated carbocycles. The standard InChI is InChI=1S/C23H20F2N4O3S/c1-13-5-4-6-17(9-13)29(14(2)30)22-26-16(12-33-22)11-28-20(31)23(3,27-21(28)32)18-10-15(24)7-8-19(18)25/h4-10,12H,11H2,1-3H3,(H,27,32). The van der Waals surface area contributed by atoms with Crippen molar-refractivity contribution in [1.29, 1.82) is 0 Å². The van der Waals surface area contributed by atoms with E-state index in [4.69, 9.17) is 0 Å². The number of nitrogens with zero attached hydrogens (tertiary/aromatic N) is 3. The maximum absolute atomic E-state index is 14.3. The van der Waals surface area contributed by atoms with E-state index in [-0.39, 0.29) is 18.0 Å². The molecule has 33 heavy (non-hydrogen) atoms. The van der Waals surface area contributed by atoms with Gasteiger partial charge in [0, 0.05) is 17.9 Å². The highest BCUT2D eigenvalue weighted by Crippen LogP contribution is 2.34. The molecule has 0 radical (unpaired) electrons. The van der Waals surface area contributed by atoms with Crippen LogP contribution in [-0.4, -0.2) is 27.7 Å². The van der Waals surface area contributed by atoms with Gasteiger partial charge in [-0.3, -0.25) is 19.4 Å². The normalized spacial score (nSPS) is 17.9. The molecule has 2 heterocycles. The molecule has 1 aliphatic rings. The smallest absolute Gasteiger partial charge is 0.319 e. The van der Waals surface area contributed by atoms with Crippen LogP contribution < -0.4 is 10.2 Å².